The van der Waals surface area contributed by atoms with Gasteiger partial charge in [-0.1, -0.05) is 24.3 Å². The minimum Gasteiger partial charge on any atom is -0.312 e. The fraction of sp³-hybridized carbons (Fsp3) is 0.400. The molecule has 96 valence electrons. The first-order valence-electron chi connectivity index (χ1n) is 6.41. The number of hydrogen-bond acceptors (Lipinski definition) is 2. The van der Waals surface area contributed by atoms with Gasteiger partial charge < -0.3 is 5.32 Å². The fourth-order valence-corrected chi connectivity index (χ4v) is 2.16. The number of nitrogens with one attached hydrogen (secondary N) is 1. The summed E-state index contributed by atoms with van der Waals surface area (Å²) < 4.78 is 1.87. The highest BCUT2D eigenvalue weighted by atomic mass is 15.2. The van der Waals surface area contributed by atoms with E-state index in [1.54, 1.807) is 0 Å². The molecule has 0 saturated carbocycles. The van der Waals surface area contributed by atoms with E-state index in [2.05, 4.69) is 54.7 Å². The molecule has 1 aromatic heterocycles. The van der Waals surface area contributed by atoms with Gasteiger partial charge in [0.2, 0.25) is 0 Å². The Morgan fingerprint density at radius 2 is 1.94 bits per heavy atom. The lowest BCUT2D eigenvalue weighted by atomic mass is 10.1. The van der Waals surface area contributed by atoms with Crippen LogP contribution in [0.25, 0.3) is 0 Å². The molecule has 1 aromatic carbocycles. The lowest BCUT2D eigenvalue weighted by molar-refractivity contribution is 0.683. The van der Waals surface area contributed by atoms with Crippen LogP contribution in [0.2, 0.25) is 0 Å². The summed E-state index contributed by atoms with van der Waals surface area (Å²) in [7, 11) is 1.96. The normalized spacial score (nSPS) is 10.8. The first kappa shape index (κ1) is 12.8. The van der Waals surface area contributed by atoms with Crippen molar-refractivity contribution < 1.29 is 0 Å². The lowest BCUT2D eigenvalue weighted by Gasteiger charge is -2.06. The van der Waals surface area contributed by atoms with Gasteiger partial charge in [-0.3, -0.25) is 4.68 Å². The first-order valence-corrected chi connectivity index (χ1v) is 6.41. The molecule has 2 aromatic rings. The van der Waals surface area contributed by atoms with Crippen LogP contribution < -0.4 is 5.32 Å². The maximum absolute atomic E-state index is 4.34. The highest BCUT2D eigenvalue weighted by Crippen LogP contribution is 2.07. The van der Waals surface area contributed by atoms with Gasteiger partial charge in [0.15, 0.2) is 0 Å². The topological polar surface area (TPSA) is 29.9 Å². The Bertz CT molecular complexity index is 514. The van der Waals surface area contributed by atoms with Crippen molar-refractivity contribution in [3.8, 4) is 0 Å². The van der Waals surface area contributed by atoms with E-state index in [-0.39, 0.29) is 0 Å². The number of aryl methyl sites for hydroxylation is 3. The van der Waals surface area contributed by atoms with Gasteiger partial charge in [-0.15, -0.1) is 0 Å². The molecule has 0 aliphatic heterocycles. The average molecular weight is 243 g/mol. The molecule has 0 fully saturated rings. The van der Waals surface area contributed by atoms with E-state index >= 15 is 0 Å². The zero-order valence-corrected chi connectivity index (χ0v) is 11.4. The van der Waals surface area contributed by atoms with E-state index in [1.165, 1.54) is 16.7 Å². The van der Waals surface area contributed by atoms with Crippen molar-refractivity contribution in [3.63, 3.8) is 0 Å². The molecule has 0 saturated heterocycles. The molecule has 0 atom stereocenters. The molecule has 0 amide bonds. The predicted octanol–water partition coefficient (Wildman–Crippen LogP) is 2.37. The van der Waals surface area contributed by atoms with Gasteiger partial charge in [0.25, 0.3) is 0 Å². The summed E-state index contributed by atoms with van der Waals surface area (Å²) in [5, 5.41) is 7.82. The molecule has 0 aliphatic rings. The molecule has 18 heavy (non-hydrogen) atoms. The van der Waals surface area contributed by atoms with Crippen molar-refractivity contribution in [2.24, 2.45) is 7.05 Å². The van der Waals surface area contributed by atoms with Gasteiger partial charge in [0.05, 0.1) is 5.69 Å². The molecule has 0 unspecified atom stereocenters. The van der Waals surface area contributed by atoms with Crippen LogP contribution >= 0.6 is 0 Å². The summed E-state index contributed by atoms with van der Waals surface area (Å²) in [6, 6.07) is 8.56. The summed E-state index contributed by atoms with van der Waals surface area (Å²) in [4.78, 5) is 0. The highest BCUT2D eigenvalue weighted by Gasteiger charge is 2.02. The standard InChI is InChI=1S/C15H21N3/c1-12-6-4-5-7-14(12)8-9-16-10-15-11-18(3)17-13(15)2/h4-7,11,16H,8-10H2,1-3H3. The second-order valence-electron chi connectivity index (χ2n) is 4.77. The van der Waals surface area contributed by atoms with E-state index in [0.717, 1.165) is 25.2 Å². The first-order chi connectivity index (χ1) is 8.66. The number of nitrogens with zero attached hydrogens (tertiary/aromatic N) is 2. The van der Waals surface area contributed by atoms with E-state index < -0.39 is 0 Å². The van der Waals surface area contributed by atoms with E-state index in [9.17, 15) is 0 Å². The second kappa shape index (κ2) is 5.83. The molecule has 0 aliphatic carbocycles. The SMILES string of the molecule is Cc1ccccc1CCNCc1cn(C)nc1C. The summed E-state index contributed by atoms with van der Waals surface area (Å²) in [6.07, 6.45) is 3.15. The highest BCUT2D eigenvalue weighted by molar-refractivity contribution is 5.25. The molecule has 1 N–H and O–H groups in total. The third-order valence-corrected chi connectivity index (χ3v) is 3.26. The molecule has 3 nitrogen and oxygen atoms in total. The monoisotopic (exact) mass is 243 g/mol. The van der Waals surface area contributed by atoms with E-state index in [4.69, 9.17) is 0 Å². The van der Waals surface area contributed by atoms with Crippen LogP contribution in [0.5, 0.6) is 0 Å². The minimum absolute atomic E-state index is 0.894. The van der Waals surface area contributed by atoms with Gasteiger partial charge in [-0.2, -0.15) is 5.10 Å². The Labute approximate surface area is 109 Å². The number of rotatable bonds is 5. The Balaban J connectivity index is 1.80. The predicted molar refractivity (Wildman–Crippen MR) is 74.5 cm³/mol. The maximum atomic E-state index is 4.34. The van der Waals surface area contributed by atoms with Gasteiger partial charge in [0.1, 0.15) is 0 Å². The molecule has 2 rings (SSSR count). The van der Waals surface area contributed by atoms with Crippen molar-refractivity contribution in [2.45, 2.75) is 26.8 Å². The van der Waals surface area contributed by atoms with Gasteiger partial charge >= 0.3 is 0 Å². The largest absolute Gasteiger partial charge is 0.312 e. The minimum atomic E-state index is 0.894. The van der Waals surface area contributed by atoms with E-state index in [1.807, 2.05) is 11.7 Å². The zero-order chi connectivity index (χ0) is 13.0. The van der Waals surface area contributed by atoms with Crippen LogP contribution in [0.15, 0.2) is 30.5 Å². The third kappa shape index (κ3) is 3.20. The molecule has 0 bridgehead atoms. The van der Waals surface area contributed by atoms with E-state index in [0.29, 0.717) is 0 Å². The zero-order valence-electron chi connectivity index (χ0n) is 11.4. The van der Waals surface area contributed by atoms with Crippen molar-refractivity contribution in [1.29, 1.82) is 0 Å². The molecule has 1 heterocycles. The van der Waals surface area contributed by atoms with Crippen molar-refractivity contribution in [1.82, 2.24) is 15.1 Å². The summed E-state index contributed by atoms with van der Waals surface area (Å²) in [5.74, 6) is 0. The Kier molecular flexibility index (Phi) is 4.15. The fourth-order valence-electron chi connectivity index (χ4n) is 2.16. The van der Waals surface area contributed by atoms with Gasteiger partial charge in [0, 0.05) is 25.4 Å². The summed E-state index contributed by atoms with van der Waals surface area (Å²) >= 11 is 0. The van der Waals surface area contributed by atoms with Crippen LogP contribution in [0.1, 0.15) is 22.4 Å². The lowest BCUT2D eigenvalue weighted by Crippen LogP contribution is -2.17. The number of benzene rings is 1. The van der Waals surface area contributed by atoms with Crippen LogP contribution in [-0.2, 0) is 20.0 Å². The third-order valence-electron chi connectivity index (χ3n) is 3.26. The molecular formula is C15H21N3. The van der Waals surface area contributed by atoms with Gasteiger partial charge in [-0.05, 0) is 37.9 Å². The van der Waals surface area contributed by atoms with Crippen LogP contribution in [0.4, 0.5) is 0 Å². The van der Waals surface area contributed by atoms with Crippen LogP contribution in [0, 0.1) is 13.8 Å². The average Bonchev–Trinajstić information content (AvgIpc) is 2.65. The quantitative estimate of drug-likeness (QED) is 0.817. The van der Waals surface area contributed by atoms with Crippen molar-refractivity contribution in [2.75, 3.05) is 6.54 Å². The Hall–Kier alpha value is -1.61. The number of aromatic nitrogens is 2. The smallest absolute Gasteiger partial charge is 0.0638 e. The molecule has 0 radical (unpaired) electrons. The van der Waals surface area contributed by atoms with Crippen LogP contribution in [0.3, 0.4) is 0 Å². The summed E-state index contributed by atoms with van der Waals surface area (Å²) in [5.41, 5.74) is 5.19. The van der Waals surface area contributed by atoms with Crippen molar-refractivity contribution in [3.05, 3.63) is 52.8 Å². The Morgan fingerprint density at radius 1 is 1.17 bits per heavy atom. The van der Waals surface area contributed by atoms with Crippen LogP contribution in [-0.4, -0.2) is 16.3 Å². The number of hydrogen-bond donors (Lipinski definition) is 1. The summed E-state index contributed by atoms with van der Waals surface area (Å²) in [6.45, 7) is 6.11. The van der Waals surface area contributed by atoms with Crippen molar-refractivity contribution >= 4 is 0 Å². The van der Waals surface area contributed by atoms with Gasteiger partial charge in [-0.25, -0.2) is 0 Å². The second-order valence-corrected chi connectivity index (χ2v) is 4.77. The Morgan fingerprint density at radius 3 is 2.61 bits per heavy atom. The molecular weight excluding hydrogens is 222 g/mol. The molecule has 0 spiro atoms. The maximum Gasteiger partial charge on any atom is 0.0638 e. The molecule has 3 heteroatoms.